The molecule has 1 atom stereocenters. The summed E-state index contributed by atoms with van der Waals surface area (Å²) in [4.78, 5) is 27.8. The molecule has 9 heteroatoms. The van der Waals surface area contributed by atoms with Crippen molar-refractivity contribution in [3.8, 4) is 0 Å². The fourth-order valence-corrected chi connectivity index (χ4v) is 4.76. The fraction of sp³-hybridized carbons (Fsp3) is 0.440. The minimum absolute atomic E-state index is 0.180. The lowest BCUT2D eigenvalue weighted by molar-refractivity contribution is -0.139. The van der Waals surface area contributed by atoms with E-state index in [0.29, 0.717) is 12.2 Å². The Balaban J connectivity index is 2.37. The molecular formula is C25H34BrN3O4S. The Kier molecular flexibility index (Phi) is 10.1. The molecule has 0 unspecified atom stereocenters. The van der Waals surface area contributed by atoms with Crippen LogP contribution < -0.4 is 9.62 Å². The van der Waals surface area contributed by atoms with Gasteiger partial charge in [0.15, 0.2) is 0 Å². The van der Waals surface area contributed by atoms with Gasteiger partial charge in [-0.2, -0.15) is 0 Å². The molecule has 0 aliphatic carbocycles. The average Bonchev–Trinajstić information content (AvgIpc) is 2.76. The molecule has 0 bridgehead atoms. The summed E-state index contributed by atoms with van der Waals surface area (Å²) in [6.07, 6.45) is 2.86. The summed E-state index contributed by atoms with van der Waals surface area (Å²) in [6.45, 7) is 7.74. The Morgan fingerprint density at radius 3 is 2.29 bits per heavy atom. The van der Waals surface area contributed by atoms with Crippen LogP contribution in [0.3, 0.4) is 0 Å². The van der Waals surface area contributed by atoms with Crippen LogP contribution in [0.1, 0.15) is 43.4 Å². The number of hydrogen-bond donors (Lipinski definition) is 1. The Labute approximate surface area is 211 Å². The minimum Gasteiger partial charge on any atom is -0.354 e. The molecule has 0 heterocycles. The van der Waals surface area contributed by atoms with E-state index in [1.54, 1.807) is 13.0 Å². The van der Waals surface area contributed by atoms with Gasteiger partial charge in [0.25, 0.3) is 0 Å². The average molecular weight is 553 g/mol. The normalized spacial score (nSPS) is 12.2. The first-order chi connectivity index (χ1) is 15.9. The van der Waals surface area contributed by atoms with Crippen molar-refractivity contribution in [1.29, 1.82) is 0 Å². The Bertz CT molecular complexity index is 1100. The summed E-state index contributed by atoms with van der Waals surface area (Å²) >= 11 is 3.40. The van der Waals surface area contributed by atoms with Crippen molar-refractivity contribution in [3.63, 3.8) is 0 Å². The number of hydrogen-bond acceptors (Lipinski definition) is 4. The standard InChI is InChI=1S/C25H34BrN3O4S/c1-6-7-14-27-25(31)20(4)28(16-21-9-11-22(26)12-10-21)24(30)17-29(34(5,32)33)23-13-8-18(2)15-19(23)3/h8-13,15,20H,6-7,14,16-17H2,1-5H3,(H,27,31)/t20-/m0/s1. The lowest BCUT2D eigenvalue weighted by Crippen LogP contribution is -2.51. The summed E-state index contributed by atoms with van der Waals surface area (Å²) in [5.74, 6) is -0.720. The maximum Gasteiger partial charge on any atom is 0.244 e. The highest BCUT2D eigenvalue weighted by Crippen LogP contribution is 2.24. The summed E-state index contributed by atoms with van der Waals surface area (Å²) in [5, 5.41) is 2.87. The fourth-order valence-electron chi connectivity index (χ4n) is 3.59. The van der Waals surface area contributed by atoms with Crippen LogP contribution in [0, 0.1) is 13.8 Å². The van der Waals surface area contributed by atoms with Gasteiger partial charge in [0.2, 0.25) is 21.8 Å². The first kappa shape index (κ1) is 27.9. The molecule has 1 N–H and O–H groups in total. The number of carbonyl (C=O) groups is 2. The minimum atomic E-state index is -3.74. The van der Waals surface area contributed by atoms with E-state index in [0.717, 1.165) is 44.6 Å². The van der Waals surface area contributed by atoms with Gasteiger partial charge in [-0.15, -0.1) is 0 Å². The van der Waals surface area contributed by atoms with Crippen LogP contribution in [0.5, 0.6) is 0 Å². The van der Waals surface area contributed by atoms with Crippen LogP contribution in [0.2, 0.25) is 0 Å². The van der Waals surface area contributed by atoms with Crippen LogP contribution >= 0.6 is 15.9 Å². The summed E-state index contributed by atoms with van der Waals surface area (Å²) in [6, 6.07) is 12.1. The second-order valence-corrected chi connectivity index (χ2v) is 11.4. The van der Waals surface area contributed by atoms with Gasteiger partial charge in [0, 0.05) is 17.6 Å². The lowest BCUT2D eigenvalue weighted by atomic mass is 10.1. The van der Waals surface area contributed by atoms with Gasteiger partial charge in [0.05, 0.1) is 11.9 Å². The van der Waals surface area contributed by atoms with E-state index >= 15 is 0 Å². The molecule has 2 rings (SSSR count). The van der Waals surface area contributed by atoms with E-state index in [4.69, 9.17) is 0 Å². The van der Waals surface area contributed by atoms with Crippen LogP contribution in [0.15, 0.2) is 46.9 Å². The van der Waals surface area contributed by atoms with Crippen molar-refractivity contribution >= 4 is 43.5 Å². The van der Waals surface area contributed by atoms with Crippen molar-refractivity contribution < 1.29 is 18.0 Å². The number of sulfonamides is 1. The molecule has 2 amide bonds. The molecule has 0 saturated heterocycles. The van der Waals surface area contributed by atoms with Crippen molar-refractivity contribution in [3.05, 3.63) is 63.6 Å². The smallest absolute Gasteiger partial charge is 0.244 e. The number of unbranched alkanes of at least 4 members (excludes halogenated alkanes) is 1. The number of aryl methyl sites for hydroxylation is 2. The molecule has 0 aliphatic rings. The van der Waals surface area contributed by atoms with E-state index in [-0.39, 0.29) is 12.5 Å². The Morgan fingerprint density at radius 1 is 1.09 bits per heavy atom. The third-order valence-corrected chi connectivity index (χ3v) is 7.22. The molecule has 0 aliphatic heterocycles. The summed E-state index contributed by atoms with van der Waals surface area (Å²) in [7, 11) is -3.74. The van der Waals surface area contributed by atoms with Crippen LogP contribution in [-0.4, -0.2) is 50.5 Å². The Hall–Kier alpha value is -2.39. The molecule has 0 fully saturated rings. The second-order valence-electron chi connectivity index (χ2n) is 8.53. The number of amides is 2. The summed E-state index contributed by atoms with van der Waals surface area (Å²) in [5.41, 5.74) is 3.03. The van der Waals surface area contributed by atoms with E-state index in [1.807, 2.05) is 57.2 Å². The van der Waals surface area contributed by atoms with E-state index in [2.05, 4.69) is 21.2 Å². The topological polar surface area (TPSA) is 86.8 Å². The van der Waals surface area contributed by atoms with Gasteiger partial charge >= 0.3 is 0 Å². The molecule has 7 nitrogen and oxygen atoms in total. The van der Waals surface area contributed by atoms with E-state index in [9.17, 15) is 18.0 Å². The predicted molar refractivity (Wildman–Crippen MR) is 140 cm³/mol. The maximum atomic E-state index is 13.5. The summed E-state index contributed by atoms with van der Waals surface area (Å²) < 4.78 is 27.4. The third-order valence-electron chi connectivity index (χ3n) is 5.56. The molecule has 34 heavy (non-hydrogen) atoms. The number of rotatable bonds is 11. The van der Waals surface area contributed by atoms with Crippen molar-refractivity contribution in [2.75, 3.05) is 23.7 Å². The zero-order chi connectivity index (χ0) is 25.5. The van der Waals surface area contributed by atoms with Crippen LogP contribution in [-0.2, 0) is 26.2 Å². The number of anilines is 1. The monoisotopic (exact) mass is 551 g/mol. The quantitative estimate of drug-likeness (QED) is 0.424. The molecule has 0 saturated carbocycles. The lowest BCUT2D eigenvalue weighted by Gasteiger charge is -2.32. The highest BCUT2D eigenvalue weighted by Gasteiger charge is 2.30. The van der Waals surface area contributed by atoms with E-state index < -0.39 is 28.5 Å². The zero-order valence-corrected chi connectivity index (χ0v) is 22.9. The molecule has 186 valence electrons. The molecule has 2 aromatic carbocycles. The van der Waals surface area contributed by atoms with Gasteiger partial charge < -0.3 is 10.2 Å². The van der Waals surface area contributed by atoms with Gasteiger partial charge in [-0.3, -0.25) is 13.9 Å². The number of halogens is 1. The highest BCUT2D eigenvalue weighted by atomic mass is 79.9. The van der Waals surface area contributed by atoms with E-state index in [1.165, 1.54) is 4.90 Å². The van der Waals surface area contributed by atoms with Crippen LogP contribution in [0.4, 0.5) is 5.69 Å². The van der Waals surface area contributed by atoms with Gasteiger partial charge in [-0.1, -0.05) is 59.1 Å². The molecular weight excluding hydrogens is 518 g/mol. The third kappa shape index (κ3) is 7.84. The molecule has 0 spiro atoms. The van der Waals surface area contributed by atoms with Gasteiger partial charge in [-0.05, 0) is 56.5 Å². The molecule has 0 radical (unpaired) electrons. The maximum absolute atomic E-state index is 13.5. The number of benzene rings is 2. The molecule has 2 aromatic rings. The number of nitrogens with zero attached hydrogens (tertiary/aromatic N) is 2. The Morgan fingerprint density at radius 2 is 1.74 bits per heavy atom. The van der Waals surface area contributed by atoms with Crippen molar-refractivity contribution in [1.82, 2.24) is 10.2 Å². The largest absolute Gasteiger partial charge is 0.354 e. The second kappa shape index (κ2) is 12.4. The van der Waals surface area contributed by atoms with Crippen molar-refractivity contribution in [2.45, 2.75) is 53.1 Å². The number of nitrogens with one attached hydrogen (secondary N) is 1. The highest BCUT2D eigenvalue weighted by molar-refractivity contribution is 9.10. The predicted octanol–water partition coefficient (Wildman–Crippen LogP) is 4.17. The van der Waals surface area contributed by atoms with Gasteiger partial charge in [-0.25, -0.2) is 8.42 Å². The first-order valence-corrected chi connectivity index (χ1v) is 13.9. The van der Waals surface area contributed by atoms with Crippen LogP contribution in [0.25, 0.3) is 0 Å². The zero-order valence-electron chi connectivity index (χ0n) is 20.5. The number of carbonyl (C=O) groups excluding carboxylic acids is 2. The van der Waals surface area contributed by atoms with Gasteiger partial charge in [0.1, 0.15) is 12.6 Å². The SMILES string of the molecule is CCCCNC(=O)[C@H](C)N(Cc1ccc(Br)cc1)C(=O)CN(c1ccc(C)cc1C)S(C)(=O)=O. The molecule has 0 aromatic heterocycles. The van der Waals surface area contributed by atoms with Crippen molar-refractivity contribution in [2.24, 2.45) is 0 Å². The first-order valence-electron chi connectivity index (χ1n) is 11.3.